The zero-order valence-corrected chi connectivity index (χ0v) is 13.2. The van der Waals surface area contributed by atoms with Crippen LogP contribution in [0.25, 0.3) is 0 Å². The molecule has 6 nitrogen and oxygen atoms in total. The number of halogens is 1. The van der Waals surface area contributed by atoms with Crippen LogP contribution in [0.2, 0.25) is 0 Å². The third-order valence-electron chi connectivity index (χ3n) is 2.97. The molecule has 2 heterocycles. The molecule has 0 aliphatic carbocycles. The van der Waals surface area contributed by atoms with Gasteiger partial charge in [-0.2, -0.15) is 0 Å². The summed E-state index contributed by atoms with van der Waals surface area (Å²) in [4.78, 5) is 7.40. The zero-order valence-electron chi connectivity index (χ0n) is 10.8. The molecule has 0 spiro atoms. The fraction of sp³-hybridized carbons (Fsp3) is 0.700. The lowest BCUT2D eigenvalue weighted by molar-refractivity contribution is 0.281. The highest BCUT2D eigenvalue weighted by Gasteiger charge is 2.21. The van der Waals surface area contributed by atoms with Crippen molar-refractivity contribution in [3.05, 3.63) is 11.1 Å². The molecule has 2 N–H and O–H groups in total. The summed E-state index contributed by atoms with van der Waals surface area (Å²) in [5.74, 6) is 0. The fourth-order valence-electron chi connectivity index (χ4n) is 2.05. The number of aromatic nitrogens is 1. The van der Waals surface area contributed by atoms with Gasteiger partial charge in [-0.1, -0.05) is 0 Å². The molecule has 0 radical (unpaired) electrons. The van der Waals surface area contributed by atoms with E-state index in [0.29, 0.717) is 18.2 Å². The first kappa shape index (κ1) is 16.6. The van der Waals surface area contributed by atoms with Gasteiger partial charge in [0, 0.05) is 37.3 Å². The molecular formula is C10H19ClN4O2S2. The highest BCUT2D eigenvalue weighted by Crippen LogP contribution is 2.17. The smallest absolute Gasteiger partial charge is 0.211 e. The van der Waals surface area contributed by atoms with Crippen LogP contribution in [-0.4, -0.2) is 55.0 Å². The van der Waals surface area contributed by atoms with Gasteiger partial charge in [-0.3, -0.25) is 4.90 Å². The first-order valence-electron chi connectivity index (χ1n) is 5.83. The van der Waals surface area contributed by atoms with Crippen molar-refractivity contribution in [2.45, 2.75) is 13.0 Å². The lowest BCUT2D eigenvalue weighted by Gasteiger charge is -2.19. The highest BCUT2D eigenvalue weighted by atomic mass is 35.5. The zero-order chi connectivity index (χ0) is 13.2. The Morgan fingerprint density at radius 3 is 2.68 bits per heavy atom. The van der Waals surface area contributed by atoms with Crippen LogP contribution in [0.5, 0.6) is 0 Å². The van der Waals surface area contributed by atoms with Gasteiger partial charge >= 0.3 is 0 Å². The average Bonchev–Trinajstić information content (AvgIpc) is 2.53. The van der Waals surface area contributed by atoms with Crippen molar-refractivity contribution < 1.29 is 8.42 Å². The van der Waals surface area contributed by atoms with Crippen molar-refractivity contribution in [1.29, 1.82) is 0 Å². The van der Waals surface area contributed by atoms with E-state index < -0.39 is 10.0 Å². The highest BCUT2D eigenvalue weighted by molar-refractivity contribution is 7.88. The summed E-state index contributed by atoms with van der Waals surface area (Å²) in [5.41, 5.74) is 5.60. The Labute approximate surface area is 124 Å². The van der Waals surface area contributed by atoms with E-state index in [-0.39, 0.29) is 12.4 Å². The second-order valence-electron chi connectivity index (χ2n) is 4.46. The first-order valence-corrected chi connectivity index (χ1v) is 8.49. The van der Waals surface area contributed by atoms with Crippen LogP contribution in [0, 0.1) is 0 Å². The van der Waals surface area contributed by atoms with E-state index in [9.17, 15) is 8.42 Å². The van der Waals surface area contributed by atoms with Crippen molar-refractivity contribution >= 4 is 38.9 Å². The molecule has 9 heteroatoms. The van der Waals surface area contributed by atoms with Crippen molar-refractivity contribution in [3.8, 4) is 0 Å². The minimum absolute atomic E-state index is 0. The number of hydrogen-bond donors (Lipinski definition) is 1. The van der Waals surface area contributed by atoms with Gasteiger partial charge in [0.25, 0.3) is 0 Å². The van der Waals surface area contributed by atoms with E-state index >= 15 is 0 Å². The lowest BCUT2D eigenvalue weighted by atomic mass is 10.4. The van der Waals surface area contributed by atoms with E-state index in [0.717, 1.165) is 30.9 Å². The molecule has 1 aromatic rings. The van der Waals surface area contributed by atoms with Crippen LogP contribution >= 0.6 is 23.7 Å². The molecule has 0 saturated carbocycles. The van der Waals surface area contributed by atoms with E-state index in [1.807, 2.05) is 0 Å². The Morgan fingerprint density at radius 2 is 2.11 bits per heavy atom. The second-order valence-corrected chi connectivity index (χ2v) is 7.59. The summed E-state index contributed by atoms with van der Waals surface area (Å²) < 4.78 is 24.5. The second kappa shape index (κ2) is 6.85. The molecule has 1 saturated heterocycles. The third-order valence-corrected chi connectivity index (χ3v) is 5.08. The molecule has 0 aromatic carbocycles. The van der Waals surface area contributed by atoms with Gasteiger partial charge in [0.2, 0.25) is 10.0 Å². The van der Waals surface area contributed by atoms with E-state index in [2.05, 4.69) is 9.88 Å². The average molecular weight is 327 g/mol. The predicted molar refractivity (Wildman–Crippen MR) is 80.1 cm³/mol. The SMILES string of the molecule is CS(=O)(=O)N1CCCN(Cc2cnc(N)s2)CC1.Cl. The normalized spacial score (nSPS) is 18.8. The van der Waals surface area contributed by atoms with Crippen LogP contribution in [0.4, 0.5) is 5.13 Å². The maximum atomic E-state index is 11.5. The third kappa shape index (κ3) is 4.88. The lowest BCUT2D eigenvalue weighted by Crippen LogP contribution is -2.34. The van der Waals surface area contributed by atoms with E-state index in [1.165, 1.54) is 17.6 Å². The minimum Gasteiger partial charge on any atom is -0.375 e. The topological polar surface area (TPSA) is 79.5 Å². The number of nitrogens with two attached hydrogens (primary N) is 1. The van der Waals surface area contributed by atoms with E-state index in [4.69, 9.17) is 5.73 Å². The largest absolute Gasteiger partial charge is 0.375 e. The summed E-state index contributed by atoms with van der Waals surface area (Å²) in [5, 5.41) is 0.581. The van der Waals surface area contributed by atoms with Crippen LogP contribution in [-0.2, 0) is 16.6 Å². The number of anilines is 1. The maximum Gasteiger partial charge on any atom is 0.211 e. The molecule has 19 heavy (non-hydrogen) atoms. The molecule has 2 rings (SSSR count). The minimum atomic E-state index is -3.06. The van der Waals surface area contributed by atoms with Gasteiger partial charge < -0.3 is 5.73 Å². The molecule has 0 atom stereocenters. The van der Waals surface area contributed by atoms with Crippen molar-refractivity contribution in [3.63, 3.8) is 0 Å². The Kier molecular flexibility index (Phi) is 6.00. The Balaban J connectivity index is 0.00000180. The monoisotopic (exact) mass is 326 g/mol. The molecule has 0 bridgehead atoms. The first-order chi connectivity index (χ1) is 8.45. The number of nitrogens with zero attached hydrogens (tertiary/aromatic N) is 3. The molecular weight excluding hydrogens is 308 g/mol. The molecule has 1 fully saturated rings. The van der Waals surface area contributed by atoms with Gasteiger partial charge in [-0.15, -0.1) is 23.7 Å². The molecule has 1 aromatic heterocycles. The van der Waals surface area contributed by atoms with Crippen LogP contribution in [0.15, 0.2) is 6.20 Å². The molecule has 0 unspecified atom stereocenters. The number of hydrogen-bond acceptors (Lipinski definition) is 6. The Hall–Kier alpha value is -0.410. The van der Waals surface area contributed by atoms with Crippen molar-refractivity contribution in [1.82, 2.24) is 14.2 Å². The quantitative estimate of drug-likeness (QED) is 0.880. The molecule has 1 aliphatic heterocycles. The summed E-state index contributed by atoms with van der Waals surface area (Å²) in [6.45, 7) is 3.63. The summed E-state index contributed by atoms with van der Waals surface area (Å²) in [7, 11) is -3.06. The Bertz CT molecular complexity index is 505. The maximum absolute atomic E-state index is 11.5. The Morgan fingerprint density at radius 1 is 1.37 bits per heavy atom. The van der Waals surface area contributed by atoms with Gasteiger partial charge in [-0.25, -0.2) is 17.7 Å². The number of nitrogen functional groups attached to an aromatic ring is 1. The van der Waals surface area contributed by atoms with Gasteiger partial charge in [0.1, 0.15) is 0 Å². The summed E-state index contributed by atoms with van der Waals surface area (Å²) in [6, 6.07) is 0. The summed E-state index contributed by atoms with van der Waals surface area (Å²) >= 11 is 1.49. The molecule has 110 valence electrons. The number of sulfonamides is 1. The van der Waals surface area contributed by atoms with E-state index in [1.54, 1.807) is 10.5 Å². The van der Waals surface area contributed by atoms with Gasteiger partial charge in [0.05, 0.1) is 6.26 Å². The van der Waals surface area contributed by atoms with Gasteiger partial charge in [-0.05, 0) is 13.0 Å². The number of rotatable bonds is 3. The van der Waals surface area contributed by atoms with Crippen LogP contribution < -0.4 is 5.73 Å². The van der Waals surface area contributed by atoms with Gasteiger partial charge in [0.15, 0.2) is 5.13 Å². The fourth-order valence-corrected chi connectivity index (χ4v) is 3.65. The molecule has 0 amide bonds. The standard InChI is InChI=1S/C10H18N4O2S2.ClH/c1-18(15,16)14-4-2-3-13(5-6-14)8-9-7-12-10(11)17-9;/h7H,2-6,8H2,1H3,(H2,11,12);1H. The number of thiazole rings is 1. The van der Waals surface area contributed by atoms with Crippen molar-refractivity contribution in [2.75, 3.05) is 38.2 Å². The van der Waals surface area contributed by atoms with Crippen LogP contribution in [0.3, 0.4) is 0 Å². The predicted octanol–water partition coefficient (Wildman–Crippen LogP) is 0.614. The van der Waals surface area contributed by atoms with Crippen LogP contribution in [0.1, 0.15) is 11.3 Å². The summed E-state index contributed by atoms with van der Waals surface area (Å²) in [6.07, 6.45) is 3.92. The van der Waals surface area contributed by atoms with Crippen molar-refractivity contribution in [2.24, 2.45) is 0 Å². The molecule has 1 aliphatic rings.